The Hall–Kier alpha value is -0.570. The number of nitrogens with zero attached hydrogens (tertiary/aromatic N) is 3. The lowest BCUT2D eigenvalue weighted by Gasteiger charge is -2.33. The number of piperidine rings is 1. The number of halogens is 1. The quantitative estimate of drug-likeness (QED) is 0.209. The van der Waals surface area contributed by atoms with E-state index < -0.39 is 0 Å². The summed E-state index contributed by atoms with van der Waals surface area (Å²) in [6.45, 7) is 10.4. The number of aliphatic imine (C=N–C) groups is 1. The monoisotopic (exact) mass is 547 g/mol. The van der Waals surface area contributed by atoms with Crippen LogP contribution in [0.1, 0.15) is 84.5 Å². The van der Waals surface area contributed by atoms with E-state index in [0.717, 1.165) is 63.9 Å². The van der Waals surface area contributed by atoms with Crippen molar-refractivity contribution in [3.63, 3.8) is 0 Å². The van der Waals surface area contributed by atoms with E-state index in [1.54, 1.807) is 0 Å². The second kappa shape index (κ2) is 14.6. The number of hydrogen-bond acceptors (Lipinski definition) is 3. The predicted octanol–water partition coefficient (Wildman–Crippen LogP) is 4.00. The van der Waals surface area contributed by atoms with E-state index in [4.69, 9.17) is 4.99 Å². The molecular weight excluding hydrogens is 501 g/mol. The highest BCUT2D eigenvalue weighted by Crippen LogP contribution is 2.26. The van der Waals surface area contributed by atoms with Crippen molar-refractivity contribution in [2.75, 3.05) is 39.3 Å². The molecule has 2 N–H and O–H groups in total. The van der Waals surface area contributed by atoms with Gasteiger partial charge in [-0.2, -0.15) is 0 Å². The van der Waals surface area contributed by atoms with E-state index in [-0.39, 0.29) is 29.9 Å². The molecule has 0 spiro atoms. The van der Waals surface area contributed by atoms with E-state index >= 15 is 0 Å². The van der Waals surface area contributed by atoms with Crippen molar-refractivity contribution in [3.05, 3.63) is 0 Å². The molecule has 0 aromatic rings. The van der Waals surface area contributed by atoms with Gasteiger partial charge in [0.1, 0.15) is 0 Å². The first-order valence-electron chi connectivity index (χ1n) is 12.7. The number of nitrogens with one attached hydrogen (secondary N) is 2. The van der Waals surface area contributed by atoms with Crippen LogP contribution in [0.4, 0.5) is 0 Å². The van der Waals surface area contributed by atoms with E-state index in [0.29, 0.717) is 11.9 Å². The van der Waals surface area contributed by atoms with Crippen molar-refractivity contribution in [3.8, 4) is 0 Å². The van der Waals surface area contributed by atoms with Crippen LogP contribution in [0.3, 0.4) is 0 Å². The Balaban J connectivity index is 0.00000341. The van der Waals surface area contributed by atoms with Crippen molar-refractivity contribution < 1.29 is 4.79 Å². The number of carbonyl (C=O) groups is 1. The zero-order valence-corrected chi connectivity index (χ0v) is 22.2. The van der Waals surface area contributed by atoms with Gasteiger partial charge in [-0.05, 0) is 71.9 Å². The molecule has 0 bridgehead atoms. The predicted molar refractivity (Wildman–Crippen MR) is 140 cm³/mol. The fourth-order valence-corrected chi connectivity index (χ4v) is 5.31. The number of unbranched alkanes of at least 4 members (excludes halogenated alkanes) is 1. The second-order valence-electron chi connectivity index (χ2n) is 9.60. The van der Waals surface area contributed by atoms with Gasteiger partial charge in [0.05, 0.1) is 0 Å². The normalized spacial score (nSPS) is 25.9. The van der Waals surface area contributed by atoms with Crippen molar-refractivity contribution in [2.24, 2.45) is 10.9 Å². The summed E-state index contributed by atoms with van der Waals surface area (Å²) in [5, 5.41) is 6.98. The lowest BCUT2D eigenvalue weighted by molar-refractivity contribution is -0.135. The summed E-state index contributed by atoms with van der Waals surface area (Å²) in [6.07, 6.45) is 13.4. The van der Waals surface area contributed by atoms with Gasteiger partial charge in [0.2, 0.25) is 5.91 Å². The van der Waals surface area contributed by atoms with Crippen LogP contribution in [0.2, 0.25) is 0 Å². The molecular formula is C24H46IN5O. The molecule has 7 heteroatoms. The standard InChI is InChI=1S/C24H45N5O.HI/c1-3-25-24(26-15-8-10-17-28-16-9-7-11-20(28)2)27-22-14-18-29(19-22)23(30)21-12-5-4-6-13-21;/h20-22H,3-19H2,1-2H3,(H2,25,26,27);1H. The van der Waals surface area contributed by atoms with E-state index in [2.05, 4.69) is 34.3 Å². The Morgan fingerprint density at radius 1 is 1.00 bits per heavy atom. The maximum atomic E-state index is 12.8. The number of likely N-dealkylation sites (tertiary alicyclic amines) is 2. The van der Waals surface area contributed by atoms with Crippen molar-refractivity contribution >= 4 is 35.8 Å². The van der Waals surface area contributed by atoms with Crippen LogP contribution in [-0.2, 0) is 4.79 Å². The molecule has 1 saturated carbocycles. The van der Waals surface area contributed by atoms with Gasteiger partial charge < -0.3 is 20.4 Å². The van der Waals surface area contributed by atoms with Crippen LogP contribution in [-0.4, -0.2) is 73.0 Å². The van der Waals surface area contributed by atoms with Crippen molar-refractivity contribution in [2.45, 2.75) is 96.6 Å². The molecule has 2 aliphatic heterocycles. The molecule has 1 aliphatic carbocycles. The molecule has 3 fully saturated rings. The van der Waals surface area contributed by atoms with E-state index in [9.17, 15) is 4.79 Å². The summed E-state index contributed by atoms with van der Waals surface area (Å²) >= 11 is 0. The Labute approximate surface area is 207 Å². The van der Waals surface area contributed by atoms with Crippen LogP contribution >= 0.6 is 24.0 Å². The van der Waals surface area contributed by atoms with Gasteiger partial charge in [-0.1, -0.05) is 25.7 Å². The first kappa shape index (κ1) is 26.7. The molecule has 0 aromatic heterocycles. The highest BCUT2D eigenvalue weighted by atomic mass is 127. The number of amides is 1. The minimum absolute atomic E-state index is 0. The maximum Gasteiger partial charge on any atom is 0.225 e. The lowest BCUT2D eigenvalue weighted by Crippen LogP contribution is -2.45. The highest BCUT2D eigenvalue weighted by Gasteiger charge is 2.31. The Morgan fingerprint density at radius 3 is 2.52 bits per heavy atom. The largest absolute Gasteiger partial charge is 0.357 e. The second-order valence-corrected chi connectivity index (χ2v) is 9.60. The Kier molecular flexibility index (Phi) is 12.5. The fraction of sp³-hybridized carbons (Fsp3) is 0.917. The molecule has 3 aliphatic rings. The van der Waals surface area contributed by atoms with Crippen LogP contribution < -0.4 is 10.6 Å². The van der Waals surface area contributed by atoms with Gasteiger partial charge >= 0.3 is 0 Å². The van der Waals surface area contributed by atoms with Gasteiger partial charge in [0, 0.05) is 44.2 Å². The van der Waals surface area contributed by atoms with E-state index in [1.165, 1.54) is 58.0 Å². The summed E-state index contributed by atoms with van der Waals surface area (Å²) in [5.41, 5.74) is 0. The number of rotatable bonds is 8. The third kappa shape index (κ3) is 8.71. The van der Waals surface area contributed by atoms with Crippen LogP contribution in [0, 0.1) is 5.92 Å². The minimum Gasteiger partial charge on any atom is -0.357 e. The topological polar surface area (TPSA) is 60.0 Å². The van der Waals surface area contributed by atoms with Crippen LogP contribution in [0.25, 0.3) is 0 Å². The van der Waals surface area contributed by atoms with Crippen molar-refractivity contribution in [1.29, 1.82) is 0 Å². The zero-order chi connectivity index (χ0) is 21.2. The Bertz CT molecular complexity index is 552. The highest BCUT2D eigenvalue weighted by molar-refractivity contribution is 14.0. The molecule has 180 valence electrons. The summed E-state index contributed by atoms with van der Waals surface area (Å²) in [7, 11) is 0. The summed E-state index contributed by atoms with van der Waals surface area (Å²) in [5.74, 6) is 1.59. The fourth-order valence-electron chi connectivity index (χ4n) is 5.31. The molecule has 2 heterocycles. The first-order valence-corrected chi connectivity index (χ1v) is 12.7. The lowest BCUT2D eigenvalue weighted by atomic mass is 9.88. The molecule has 3 rings (SSSR count). The first-order chi connectivity index (χ1) is 14.7. The summed E-state index contributed by atoms with van der Waals surface area (Å²) in [4.78, 5) is 22.4. The number of carbonyl (C=O) groups excluding carboxylic acids is 1. The summed E-state index contributed by atoms with van der Waals surface area (Å²) < 4.78 is 0. The van der Waals surface area contributed by atoms with E-state index in [1.807, 2.05) is 0 Å². The molecule has 2 saturated heterocycles. The van der Waals surface area contributed by atoms with Gasteiger partial charge in [-0.25, -0.2) is 0 Å². The van der Waals surface area contributed by atoms with Crippen molar-refractivity contribution in [1.82, 2.24) is 20.4 Å². The summed E-state index contributed by atoms with van der Waals surface area (Å²) in [6, 6.07) is 1.08. The van der Waals surface area contributed by atoms with Crippen LogP contribution in [0.15, 0.2) is 4.99 Å². The molecule has 0 aromatic carbocycles. The van der Waals surface area contributed by atoms with Gasteiger partial charge in [0.15, 0.2) is 5.96 Å². The number of guanidine groups is 1. The smallest absolute Gasteiger partial charge is 0.225 e. The maximum absolute atomic E-state index is 12.8. The van der Waals surface area contributed by atoms with Gasteiger partial charge in [-0.3, -0.25) is 9.79 Å². The molecule has 1 amide bonds. The molecule has 2 atom stereocenters. The molecule has 6 nitrogen and oxygen atoms in total. The zero-order valence-electron chi connectivity index (χ0n) is 19.9. The third-order valence-corrected chi connectivity index (χ3v) is 7.20. The van der Waals surface area contributed by atoms with Gasteiger partial charge in [0.25, 0.3) is 0 Å². The molecule has 2 unspecified atom stereocenters. The average Bonchev–Trinajstić information content (AvgIpc) is 3.23. The number of hydrogen-bond donors (Lipinski definition) is 2. The molecule has 31 heavy (non-hydrogen) atoms. The van der Waals surface area contributed by atoms with Gasteiger partial charge in [-0.15, -0.1) is 24.0 Å². The Morgan fingerprint density at radius 2 is 1.77 bits per heavy atom. The SMILES string of the molecule is CCNC(=NCCCCN1CCCCC1C)NC1CCN(C(=O)C2CCCCC2)C1.I. The third-order valence-electron chi connectivity index (χ3n) is 7.20. The molecule has 0 radical (unpaired) electrons. The average molecular weight is 548 g/mol. The van der Waals surface area contributed by atoms with Crippen LogP contribution in [0.5, 0.6) is 0 Å². The minimum atomic E-state index is 0.